The molecule has 19 heavy (non-hydrogen) atoms. The molecule has 2 nitrogen and oxygen atoms in total. The van der Waals surface area contributed by atoms with E-state index in [-0.39, 0.29) is 0 Å². The van der Waals surface area contributed by atoms with E-state index in [1.165, 1.54) is 5.56 Å². The van der Waals surface area contributed by atoms with Crippen molar-refractivity contribution < 1.29 is 0 Å². The van der Waals surface area contributed by atoms with Crippen LogP contribution in [0.3, 0.4) is 0 Å². The summed E-state index contributed by atoms with van der Waals surface area (Å²) in [4.78, 5) is 4.37. The van der Waals surface area contributed by atoms with Crippen molar-refractivity contribution in [2.75, 3.05) is 6.54 Å². The number of nitrogens with one attached hydrogen (secondary N) is 1. The van der Waals surface area contributed by atoms with Crippen LogP contribution in [0.5, 0.6) is 0 Å². The minimum atomic E-state index is 0.370. The largest absolute Gasteiger partial charge is 0.309 e. The summed E-state index contributed by atoms with van der Waals surface area (Å²) < 4.78 is 1.15. The third-order valence-electron chi connectivity index (χ3n) is 2.94. The van der Waals surface area contributed by atoms with Gasteiger partial charge in [0.2, 0.25) is 0 Å². The zero-order chi connectivity index (χ0) is 13.5. The van der Waals surface area contributed by atoms with Gasteiger partial charge in [-0.25, -0.2) is 4.98 Å². The lowest BCUT2D eigenvalue weighted by molar-refractivity contribution is 0.528. The second-order valence-corrected chi connectivity index (χ2v) is 6.98. The Bertz CT molecular complexity index is 456. The molecule has 2 unspecified atom stereocenters. The lowest BCUT2D eigenvalue weighted by Gasteiger charge is -2.24. The third-order valence-corrected chi connectivity index (χ3v) is 5.03. The molecule has 0 aliphatic carbocycles. The fourth-order valence-electron chi connectivity index (χ4n) is 2.01. The van der Waals surface area contributed by atoms with Gasteiger partial charge in [-0.15, -0.1) is 11.3 Å². The maximum atomic E-state index is 4.37. The molecule has 4 heteroatoms. The van der Waals surface area contributed by atoms with Gasteiger partial charge >= 0.3 is 0 Å². The predicted molar refractivity (Wildman–Crippen MR) is 84.9 cm³/mol. The molecule has 102 valence electrons. The highest BCUT2D eigenvalue weighted by Crippen LogP contribution is 2.32. The number of hydrogen-bond donors (Lipinski definition) is 1. The molecule has 0 aliphatic rings. The number of benzene rings is 1. The lowest BCUT2D eigenvalue weighted by Crippen LogP contribution is -2.29. The van der Waals surface area contributed by atoms with Crippen LogP contribution in [0, 0.1) is 0 Å². The molecule has 1 N–H and O–H groups in total. The van der Waals surface area contributed by atoms with Gasteiger partial charge in [0, 0.05) is 22.9 Å². The number of thioether (sulfide) groups is 1. The Morgan fingerprint density at radius 1 is 1.32 bits per heavy atom. The van der Waals surface area contributed by atoms with Crippen molar-refractivity contribution in [1.82, 2.24) is 10.3 Å². The summed E-state index contributed by atoms with van der Waals surface area (Å²) in [5.74, 6) is 0. The Kier molecular flexibility index (Phi) is 5.89. The van der Waals surface area contributed by atoms with E-state index < -0.39 is 0 Å². The zero-order valence-electron chi connectivity index (χ0n) is 11.4. The molecule has 0 radical (unpaired) electrons. The minimum absolute atomic E-state index is 0.370. The first kappa shape index (κ1) is 14.6. The van der Waals surface area contributed by atoms with Crippen molar-refractivity contribution in [3.63, 3.8) is 0 Å². The second kappa shape index (κ2) is 7.68. The Balaban J connectivity index is 2.08. The molecule has 0 saturated carbocycles. The SMILES string of the molecule is CCCNC(c1ccccc1)C(C)Sc1nccs1. The Morgan fingerprint density at radius 3 is 2.74 bits per heavy atom. The summed E-state index contributed by atoms with van der Waals surface area (Å²) in [7, 11) is 0. The summed E-state index contributed by atoms with van der Waals surface area (Å²) in [6.45, 7) is 5.52. The average Bonchev–Trinajstić information content (AvgIpc) is 2.93. The molecule has 2 atom stereocenters. The predicted octanol–water partition coefficient (Wildman–Crippen LogP) is 4.36. The summed E-state index contributed by atoms with van der Waals surface area (Å²) in [5.41, 5.74) is 1.35. The van der Waals surface area contributed by atoms with Crippen LogP contribution < -0.4 is 5.32 Å². The van der Waals surface area contributed by atoms with Gasteiger partial charge in [0.05, 0.1) is 0 Å². The molecule has 1 heterocycles. The smallest absolute Gasteiger partial charge is 0.150 e. The van der Waals surface area contributed by atoms with Crippen molar-refractivity contribution >= 4 is 23.1 Å². The fraction of sp³-hybridized carbons (Fsp3) is 0.400. The van der Waals surface area contributed by atoms with Crippen molar-refractivity contribution in [2.45, 2.75) is 35.9 Å². The molecule has 0 spiro atoms. The fourth-order valence-corrected chi connectivity index (χ4v) is 4.04. The molecule has 0 aliphatic heterocycles. The zero-order valence-corrected chi connectivity index (χ0v) is 13.0. The van der Waals surface area contributed by atoms with E-state index in [0.29, 0.717) is 11.3 Å². The molecule has 1 aromatic heterocycles. The van der Waals surface area contributed by atoms with Crippen LogP contribution in [0.1, 0.15) is 31.9 Å². The first-order valence-electron chi connectivity index (χ1n) is 6.65. The number of rotatable bonds is 7. The summed E-state index contributed by atoms with van der Waals surface area (Å²) in [5, 5.41) is 6.15. The van der Waals surface area contributed by atoms with Gasteiger partial charge in [-0.3, -0.25) is 0 Å². The number of hydrogen-bond acceptors (Lipinski definition) is 4. The Hall–Kier alpha value is -0.840. The van der Waals surface area contributed by atoms with Crippen LogP contribution in [-0.4, -0.2) is 16.8 Å². The normalized spacial score (nSPS) is 14.2. The molecule has 1 aromatic carbocycles. The summed E-state index contributed by atoms with van der Waals surface area (Å²) in [6.07, 6.45) is 3.02. The van der Waals surface area contributed by atoms with Gasteiger partial charge in [-0.2, -0.15) is 0 Å². The van der Waals surface area contributed by atoms with Gasteiger partial charge in [0.1, 0.15) is 4.34 Å². The van der Waals surface area contributed by atoms with E-state index in [1.54, 1.807) is 11.3 Å². The number of nitrogens with zero attached hydrogens (tertiary/aromatic N) is 1. The van der Waals surface area contributed by atoms with Crippen molar-refractivity contribution in [2.24, 2.45) is 0 Å². The van der Waals surface area contributed by atoms with Crippen LogP contribution in [0.25, 0.3) is 0 Å². The monoisotopic (exact) mass is 292 g/mol. The molecular weight excluding hydrogens is 272 g/mol. The van der Waals surface area contributed by atoms with Gasteiger partial charge in [-0.05, 0) is 18.5 Å². The highest BCUT2D eigenvalue weighted by molar-refractivity contribution is 8.01. The maximum absolute atomic E-state index is 4.37. The van der Waals surface area contributed by atoms with Crippen molar-refractivity contribution in [3.8, 4) is 0 Å². The van der Waals surface area contributed by atoms with Gasteiger partial charge < -0.3 is 5.32 Å². The first-order valence-corrected chi connectivity index (χ1v) is 8.41. The number of aromatic nitrogens is 1. The Morgan fingerprint density at radius 2 is 2.11 bits per heavy atom. The molecule has 0 fully saturated rings. The van der Waals surface area contributed by atoms with E-state index >= 15 is 0 Å². The van der Waals surface area contributed by atoms with Gasteiger partial charge in [0.25, 0.3) is 0 Å². The highest BCUT2D eigenvalue weighted by atomic mass is 32.2. The standard InChI is InChI=1S/C15H20N2S2/c1-3-9-16-14(13-7-5-4-6-8-13)12(2)19-15-17-10-11-18-15/h4-8,10-12,14,16H,3,9H2,1-2H3. The van der Waals surface area contributed by atoms with Crippen LogP contribution in [0.15, 0.2) is 46.2 Å². The van der Waals surface area contributed by atoms with Crippen LogP contribution in [-0.2, 0) is 0 Å². The molecular formula is C15H20N2S2. The topological polar surface area (TPSA) is 24.9 Å². The molecule has 0 saturated heterocycles. The number of thiazole rings is 1. The van der Waals surface area contributed by atoms with Crippen molar-refractivity contribution in [1.29, 1.82) is 0 Å². The quantitative estimate of drug-likeness (QED) is 0.767. The van der Waals surface area contributed by atoms with Crippen LogP contribution in [0.4, 0.5) is 0 Å². The van der Waals surface area contributed by atoms with Crippen LogP contribution in [0.2, 0.25) is 0 Å². The van der Waals surface area contributed by atoms with E-state index in [9.17, 15) is 0 Å². The highest BCUT2D eigenvalue weighted by Gasteiger charge is 2.20. The van der Waals surface area contributed by atoms with Crippen LogP contribution >= 0.6 is 23.1 Å². The Labute approximate surface area is 123 Å². The molecule has 0 amide bonds. The molecule has 2 aromatic rings. The van der Waals surface area contributed by atoms with E-state index in [0.717, 1.165) is 17.3 Å². The minimum Gasteiger partial charge on any atom is -0.309 e. The third kappa shape index (κ3) is 4.34. The van der Waals surface area contributed by atoms with Gasteiger partial charge in [0.15, 0.2) is 0 Å². The summed E-state index contributed by atoms with van der Waals surface area (Å²) in [6, 6.07) is 11.1. The second-order valence-electron chi connectivity index (χ2n) is 4.46. The average molecular weight is 292 g/mol. The maximum Gasteiger partial charge on any atom is 0.150 e. The van der Waals surface area contributed by atoms with Crippen molar-refractivity contribution in [3.05, 3.63) is 47.5 Å². The van der Waals surface area contributed by atoms with E-state index in [4.69, 9.17) is 0 Å². The molecule has 0 bridgehead atoms. The lowest BCUT2D eigenvalue weighted by atomic mass is 10.0. The first-order chi connectivity index (χ1) is 9.31. The summed E-state index contributed by atoms with van der Waals surface area (Å²) >= 11 is 3.56. The molecule has 2 rings (SSSR count). The van der Waals surface area contributed by atoms with Gasteiger partial charge in [-0.1, -0.05) is 55.9 Å². The van der Waals surface area contributed by atoms with E-state index in [2.05, 4.69) is 54.5 Å². The van der Waals surface area contributed by atoms with E-state index in [1.807, 2.05) is 23.3 Å².